The molecule has 5 N–H and O–H groups in total. The SMILES string of the molecule is CC(C)c1cc2c(=O)c(-c3ccc(O)cc3)coc2cc1OC1OC(COC(=O)CC(=O)O)C(O)C(O)C1O. The van der Waals surface area contributed by atoms with Crippen molar-refractivity contribution in [3.63, 3.8) is 0 Å². The van der Waals surface area contributed by atoms with Crippen LogP contribution in [-0.4, -0.2) is 74.8 Å². The van der Waals surface area contributed by atoms with Crippen molar-refractivity contribution in [1.82, 2.24) is 0 Å². The number of esters is 1. The zero-order chi connectivity index (χ0) is 28.4. The molecule has 1 fully saturated rings. The van der Waals surface area contributed by atoms with Crippen LogP contribution in [0.4, 0.5) is 0 Å². The molecule has 0 aliphatic carbocycles. The summed E-state index contributed by atoms with van der Waals surface area (Å²) in [4.78, 5) is 35.6. The molecule has 1 aliphatic rings. The van der Waals surface area contributed by atoms with E-state index in [1.165, 1.54) is 24.5 Å². The van der Waals surface area contributed by atoms with Crippen molar-refractivity contribution in [2.75, 3.05) is 6.61 Å². The van der Waals surface area contributed by atoms with Gasteiger partial charge in [-0.15, -0.1) is 0 Å². The molecule has 39 heavy (non-hydrogen) atoms. The van der Waals surface area contributed by atoms with Gasteiger partial charge in [0, 0.05) is 6.07 Å². The van der Waals surface area contributed by atoms with Crippen molar-refractivity contribution in [3.05, 3.63) is 58.4 Å². The zero-order valence-electron chi connectivity index (χ0n) is 21.0. The fraction of sp³-hybridized carbons (Fsp3) is 0.370. The van der Waals surface area contributed by atoms with E-state index in [0.717, 1.165) is 0 Å². The highest BCUT2D eigenvalue weighted by atomic mass is 16.7. The number of fused-ring (bicyclic) bond motifs is 1. The fourth-order valence-corrected chi connectivity index (χ4v) is 4.19. The number of aliphatic hydroxyl groups is 3. The molecule has 0 radical (unpaired) electrons. The Labute approximate surface area is 221 Å². The van der Waals surface area contributed by atoms with Crippen LogP contribution in [0.3, 0.4) is 0 Å². The molecule has 1 saturated heterocycles. The molecule has 12 nitrogen and oxygen atoms in total. The molecule has 0 bridgehead atoms. The second kappa shape index (κ2) is 11.4. The van der Waals surface area contributed by atoms with Gasteiger partial charge < -0.3 is 44.2 Å². The Morgan fingerprint density at radius 1 is 1.03 bits per heavy atom. The number of ether oxygens (including phenoxy) is 3. The van der Waals surface area contributed by atoms with Gasteiger partial charge in [0.1, 0.15) is 60.8 Å². The number of carboxylic acid groups (broad SMARTS) is 1. The van der Waals surface area contributed by atoms with Crippen LogP contribution < -0.4 is 10.2 Å². The predicted octanol–water partition coefficient (Wildman–Crippen LogP) is 1.49. The Hall–Kier alpha value is -3.97. The van der Waals surface area contributed by atoms with Crippen LogP contribution in [0.15, 0.2) is 51.9 Å². The standard InChI is InChI=1S/C27H28O12/c1-12(2)15-7-16-18(36-10-17(23(16)32)13-3-5-14(28)6-4-13)8-19(15)38-27-26(35)25(34)24(33)20(39-27)11-37-22(31)9-21(29)30/h3-8,10,12,20,24-28,33-35H,9,11H2,1-2H3,(H,29,30). The van der Waals surface area contributed by atoms with E-state index in [4.69, 9.17) is 23.7 Å². The van der Waals surface area contributed by atoms with Gasteiger partial charge in [-0.1, -0.05) is 26.0 Å². The first-order valence-corrected chi connectivity index (χ1v) is 12.1. The lowest BCUT2D eigenvalue weighted by molar-refractivity contribution is -0.278. The summed E-state index contributed by atoms with van der Waals surface area (Å²) in [6.45, 7) is 3.10. The van der Waals surface area contributed by atoms with Gasteiger partial charge in [-0.3, -0.25) is 14.4 Å². The molecule has 0 saturated carbocycles. The van der Waals surface area contributed by atoms with Crippen LogP contribution in [0, 0.1) is 0 Å². The van der Waals surface area contributed by atoms with Gasteiger partial charge in [0.2, 0.25) is 11.7 Å². The number of carboxylic acids is 1. The number of rotatable bonds is 8. The number of carbonyl (C=O) groups is 2. The summed E-state index contributed by atoms with van der Waals surface area (Å²) in [6.07, 6.45) is -7.57. The van der Waals surface area contributed by atoms with Gasteiger partial charge in [0.15, 0.2) is 0 Å². The van der Waals surface area contributed by atoms with Gasteiger partial charge in [-0.25, -0.2) is 0 Å². The molecule has 12 heteroatoms. The Kier molecular flexibility index (Phi) is 8.21. The number of hydrogen-bond acceptors (Lipinski definition) is 11. The quantitative estimate of drug-likeness (QED) is 0.203. The fourth-order valence-electron chi connectivity index (χ4n) is 4.19. The summed E-state index contributed by atoms with van der Waals surface area (Å²) in [5.41, 5.74) is 1.25. The first kappa shape index (κ1) is 28.0. The Bertz CT molecular complexity index is 1410. The third-order valence-corrected chi connectivity index (χ3v) is 6.32. The lowest BCUT2D eigenvalue weighted by Gasteiger charge is -2.40. The maximum absolute atomic E-state index is 13.3. The van der Waals surface area contributed by atoms with Crippen LogP contribution in [0.2, 0.25) is 0 Å². The number of aromatic hydroxyl groups is 1. The molecular formula is C27H28O12. The number of phenols is 1. The Morgan fingerprint density at radius 3 is 2.36 bits per heavy atom. The molecule has 0 spiro atoms. The van der Waals surface area contributed by atoms with Crippen molar-refractivity contribution >= 4 is 22.9 Å². The number of benzene rings is 2. The third-order valence-electron chi connectivity index (χ3n) is 6.32. The van der Waals surface area contributed by atoms with E-state index in [2.05, 4.69) is 0 Å². The van der Waals surface area contributed by atoms with Crippen molar-refractivity contribution in [1.29, 1.82) is 0 Å². The molecule has 5 atom stereocenters. The van der Waals surface area contributed by atoms with E-state index < -0.39 is 55.7 Å². The van der Waals surface area contributed by atoms with Crippen LogP contribution in [0.1, 0.15) is 31.7 Å². The third kappa shape index (κ3) is 6.04. The molecule has 3 aromatic rings. The van der Waals surface area contributed by atoms with Crippen molar-refractivity contribution in [3.8, 4) is 22.6 Å². The maximum Gasteiger partial charge on any atom is 0.317 e. The van der Waals surface area contributed by atoms with Gasteiger partial charge in [-0.05, 0) is 35.2 Å². The first-order valence-electron chi connectivity index (χ1n) is 12.1. The average Bonchev–Trinajstić information content (AvgIpc) is 2.88. The second-order valence-electron chi connectivity index (χ2n) is 9.45. The van der Waals surface area contributed by atoms with Gasteiger partial charge in [0.25, 0.3) is 0 Å². The number of carbonyl (C=O) groups excluding carboxylic acids is 1. The molecule has 208 valence electrons. The van der Waals surface area contributed by atoms with E-state index in [1.807, 2.05) is 13.8 Å². The largest absolute Gasteiger partial charge is 0.508 e. The Morgan fingerprint density at radius 2 is 1.72 bits per heavy atom. The van der Waals surface area contributed by atoms with Gasteiger partial charge in [-0.2, -0.15) is 0 Å². The van der Waals surface area contributed by atoms with E-state index in [-0.39, 0.29) is 39.4 Å². The minimum absolute atomic E-state index is 0.0539. The van der Waals surface area contributed by atoms with Crippen molar-refractivity contribution in [2.45, 2.75) is 56.9 Å². The highest BCUT2D eigenvalue weighted by Crippen LogP contribution is 2.34. The van der Waals surface area contributed by atoms with Crippen LogP contribution in [0.25, 0.3) is 22.1 Å². The average molecular weight is 545 g/mol. The predicted molar refractivity (Wildman–Crippen MR) is 134 cm³/mol. The summed E-state index contributed by atoms with van der Waals surface area (Å²) in [6, 6.07) is 9.13. The zero-order valence-corrected chi connectivity index (χ0v) is 21.0. The molecule has 2 aromatic carbocycles. The molecular weight excluding hydrogens is 516 g/mol. The monoisotopic (exact) mass is 544 g/mol. The number of hydrogen-bond donors (Lipinski definition) is 5. The smallest absolute Gasteiger partial charge is 0.317 e. The second-order valence-corrected chi connectivity index (χ2v) is 9.45. The van der Waals surface area contributed by atoms with E-state index in [9.17, 15) is 34.8 Å². The summed E-state index contributed by atoms with van der Waals surface area (Å²) >= 11 is 0. The lowest BCUT2D eigenvalue weighted by atomic mass is 9.97. The molecule has 4 rings (SSSR count). The normalized spacial score (nSPS) is 23.1. The number of aliphatic carboxylic acids is 1. The lowest BCUT2D eigenvalue weighted by Crippen LogP contribution is -2.60. The maximum atomic E-state index is 13.3. The molecule has 1 aromatic heterocycles. The van der Waals surface area contributed by atoms with Crippen LogP contribution in [-0.2, 0) is 19.1 Å². The number of phenolic OH excluding ortho intramolecular Hbond substituents is 1. The van der Waals surface area contributed by atoms with Gasteiger partial charge in [0.05, 0.1) is 10.9 Å². The molecule has 5 unspecified atom stereocenters. The molecule has 1 aliphatic heterocycles. The summed E-state index contributed by atoms with van der Waals surface area (Å²) in [5, 5.41) is 49.6. The van der Waals surface area contributed by atoms with E-state index in [0.29, 0.717) is 11.1 Å². The van der Waals surface area contributed by atoms with E-state index >= 15 is 0 Å². The first-order chi connectivity index (χ1) is 18.5. The Balaban J connectivity index is 1.63. The summed E-state index contributed by atoms with van der Waals surface area (Å²) in [5.74, 6) is -2.42. The van der Waals surface area contributed by atoms with E-state index in [1.54, 1.807) is 18.2 Å². The summed E-state index contributed by atoms with van der Waals surface area (Å²) < 4.78 is 22.0. The summed E-state index contributed by atoms with van der Waals surface area (Å²) in [7, 11) is 0. The van der Waals surface area contributed by atoms with Gasteiger partial charge >= 0.3 is 11.9 Å². The minimum Gasteiger partial charge on any atom is -0.508 e. The molecule has 0 amide bonds. The molecule has 2 heterocycles. The van der Waals surface area contributed by atoms with Crippen LogP contribution in [0.5, 0.6) is 11.5 Å². The number of aliphatic hydroxyl groups excluding tert-OH is 3. The topological polar surface area (TPSA) is 193 Å². The highest BCUT2D eigenvalue weighted by molar-refractivity contribution is 5.90. The van der Waals surface area contributed by atoms with Crippen LogP contribution >= 0.6 is 0 Å². The highest BCUT2D eigenvalue weighted by Gasteiger charge is 2.45. The minimum atomic E-state index is -1.74. The van der Waals surface area contributed by atoms with Crippen molar-refractivity contribution in [2.24, 2.45) is 0 Å². The van der Waals surface area contributed by atoms with Crippen molar-refractivity contribution < 1.29 is 53.7 Å².